The van der Waals surface area contributed by atoms with Crippen molar-refractivity contribution >= 4 is 0 Å². The molecule has 6 heavy (non-hydrogen) atoms. The van der Waals surface area contributed by atoms with Crippen molar-refractivity contribution in [2.45, 2.75) is 0 Å². The molecule has 0 aromatic carbocycles. The van der Waals surface area contributed by atoms with Crippen LogP contribution in [0.25, 0.3) is 0 Å². The van der Waals surface area contributed by atoms with Gasteiger partial charge in [0.05, 0.1) is 0 Å². The van der Waals surface area contributed by atoms with E-state index in [1.54, 1.807) is 0 Å². The Kier molecular flexibility index (Phi) is 1240. The van der Waals surface area contributed by atoms with Crippen molar-refractivity contribution in [2.24, 2.45) is 0 Å². The maximum atomic E-state index is 0. The fourth-order valence-corrected chi connectivity index (χ4v) is 0. The van der Waals surface area contributed by atoms with Crippen molar-refractivity contribution in [1.29, 1.82) is 0 Å². The molecule has 0 atom stereocenters. The molecule has 0 heterocycles. The first-order valence-electron chi connectivity index (χ1n) is 0. The third-order valence-corrected chi connectivity index (χ3v) is 0. The van der Waals surface area contributed by atoms with Gasteiger partial charge in [-0.2, -0.15) is 0 Å². The largest absolute Gasteiger partial charge is 1.00 e. The average Bonchev–Trinajstić information content (AvgIpc) is 0. The molecular weight excluding hydrogens is 102 g/mol. The Labute approximate surface area is 82.7 Å². The summed E-state index contributed by atoms with van der Waals surface area (Å²) in [7, 11) is 0. The van der Waals surface area contributed by atoms with Gasteiger partial charge >= 0.3 is 59.1 Å². The molecule has 0 aromatic rings. The van der Waals surface area contributed by atoms with Crippen LogP contribution >= 0.6 is 0 Å². The minimum atomic E-state index is 0. The van der Waals surface area contributed by atoms with Crippen LogP contribution in [0, 0.1) is 0 Å². The van der Waals surface area contributed by atoms with Crippen LogP contribution in [0.1, 0.15) is 0 Å². The van der Waals surface area contributed by atoms with E-state index in [0.29, 0.717) is 0 Å². The van der Waals surface area contributed by atoms with Crippen molar-refractivity contribution in [1.82, 2.24) is 24.6 Å². The molecule has 0 amide bonds. The van der Waals surface area contributed by atoms with E-state index in [2.05, 4.69) is 0 Å². The van der Waals surface area contributed by atoms with E-state index < -0.39 is 0 Å². The van der Waals surface area contributed by atoms with Crippen LogP contribution in [0.2, 0.25) is 0 Å². The summed E-state index contributed by atoms with van der Waals surface area (Å²) in [5.41, 5.74) is 0. The van der Waals surface area contributed by atoms with E-state index in [4.69, 9.17) is 0 Å². The van der Waals surface area contributed by atoms with Crippen LogP contribution in [-0.2, 0) is 0 Å². The van der Waals surface area contributed by atoms with Crippen molar-refractivity contribution in [3.8, 4) is 0 Å². The number of rotatable bonds is 0. The molecule has 6 heteroatoms. The van der Waals surface area contributed by atoms with Gasteiger partial charge in [-0.25, -0.2) is 0 Å². The number of hydrogen-bond donors (Lipinski definition) is 4. The summed E-state index contributed by atoms with van der Waals surface area (Å²) in [4.78, 5) is 0. The molecule has 0 unspecified atom stereocenters. The fraction of sp³-hybridized carbons (Fsp3) is 0. The Morgan fingerprint density at radius 2 is 0.333 bits per heavy atom. The summed E-state index contributed by atoms with van der Waals surface area (Å²) < 4.78 is 0. The molecule has 0 aliphatic heterocycles. The maximum absolute atomic E-state index is 0. The van der Waals surface area contributed by atoms with Crippen LogP contribution in [0.3, 0.4) is 0 Å². The number of hydrogen-bond acceptors (Lipinski definition) is 0. The first kappa shape index (κ1) is 108. The third kappa shape index (κ3) is 40.4. The van der Waals surface area contributed by atoms with E-state index in [9.17, 15) is 0 Å². The second-order valence-electron chi connectivity index (χ2n) is 0. The van der Waals surface area contributed by atoms with Crippen molar-refractivity contribution in [2.75, 3.05) is 0 Å². The van der Waals surface area contributed by atoms with Crippen LogP contribution < -0.4 is 83.7 Å². The summed E-state index contributed by atoms with van der Waals surface area (Å²) in [5, 5.41) is 0. The van der Waals surface area contributed by atoms with Gasteiger partial charge in [0, 0.05) is 0 Å². The Bertz CT molecular complexity index is 5.51. The van der Waals surface area contributed by atoms with Gasteiger partial charge in [0.2, 0.25) is 0 Å². The van der Waals surface area contributed by atoms with E-state index in [0.717, 1.165) is 0 Å². The van der Waals surface area contributed by atoms with Crippen LogP contribution in [0.4, 0.5) is 0 Å². The molecule has 16 N–H and O–H groups in total. The van der Waals surface area contributed by atoms with Gasteiger partial charge in [0.1, 0.15) is 0 Å². The molecule has 0 aliphatic rings. The first-order chi connectivity index (χ1) is 0. The summed E-state index contributed by atoms with van der Waals surface area (Å²) in [6.45, 7) is 0. The maximum Gasteiger partial charge on any atom is 1.00 e. The SMILES string of the molecule is [NH4+].[NH4+].[NH4+].[NH4+].[Na+].[Na+]. The zero-order valence-corrected chi connectivity index (χ0v) is 10.0. The summed E-state index contributed by atoms with van der Waals surface area (Å²) in [6, 6.07) is 0. The molecule has 0 rings (SSSR count). The molecule has 0 aliphatic carbocycles. The molecule has 0 aromatic heterocycles. The Hall–Kier alpha value is 1.84. The van der Waals surface area contributed by atoms with Crippen LogP contribution in [-0.4, -0.2) is 0 Å². The second kappa shape index (κ2) is 68.9. The minimum absolute atomic E-state index is 0. The molecule has 0 spiro atoms. The fourth-order valence-electron chi connectivity index (χ4n) is 0. The molecule has 4 nitrogen and oxygen atoms in total. The predicted molar refractivity (Wildman–Crippen MR) is 23.9 cm³/mol. The van der Waals surface area contributed by atoms with Crippen molar-refractivity contribution in [3.63, 3.8) is 0 Å². The van der Waals surface area contributed by atoms with E-state index >= 15 is 0 Å². The standard InChI is InChI=1S/4H3N.2Na/h4*1H3;;/q;;;;2*+1/p+4. The molecule has 0 fully saturated rings. The monoisotopic (exact) mass is 118 g/mol. The summed E-state index contributed by atoms with van der Waals surface area (Å²) in [6.07, 6.45) is 0. The Morgan fingerprint density at radius 1 is 0.333 bits per heavy atom. The van der Waals surface area contributed by atoms with Gasteiger partial charge in [-0.3, -0.25) is 0 Å². The average molecular weight is 118 g/mol. The van der Waals surface area contributed by atoms with E-state index in [1.807, 2.05) is 0 Å². The summed E-state index contributed by atoms with van der Waals surface area (Å²) in [5.74, 6) is 0. The summed E-state index contributed by atoms with van der Waals surface area (Å²) >= 11 is 0. The zero-order valence-electron chi connectivity index (χ0n) is 6.00. The Balaban J connectivity index is 0. The predicted octanol–water partition coefficient (Wildman–Crippen LogP) is -4.49. The number of quaternary nitrogens is 4. The van der Waals surface area contributed by atoms with Crippen LogP contribution in [0.5, 0.6) is 0 Å². The second-order valence-corrected chi connectivity index (χ2v) is 0. The van der Waals surface area contributed by atoms with Crippen molar-refractivity contribution < 1.29 is 59.1 Å². The Morgan fingerprint density at radius 3 is 0.333 bits per heavy atom. The van der Waals surface area contributed by atoms with Gasteiger partial charge in [-0.05, 0) is 0 Å². The van der Waals surface area contributed by atoms with Crippen LogP contribution in [0.15, 0.2) is 0 Å². The zero-order chi connectivity index (χ0) is 0. The smallest absolute Gasteiger partial charge is 0.369 e. The van der Waals surface area contributed by atoms with Gasteiger partial charge in [0.15, 0.2) is 0 Å². The van der Waals surface area contributed by atoms with Gasteiger partial charge < -0.3 is 24.6 Å². The van der Waals surface area contributed by atoms with E-state index in [1.165, 1.54) is 0 Å². The van der Waals surface area contributed by atoms with Gasteiger partial charge in [-0.1, -0.05) is 0 Å². The molecule has 0 bridgehead atoms. The molecule has 0 saturated carbocycles. The van der Waals surface area contributed by atoms with Crippen molar-refractivity contribution in [3.05, 3.63) is 0 Å². The quantitative estimate of drug-likeness (QED) is 0.227. The van der Waals surface area contributed by atoms with E-state index in [-0.39, 0.29) is 83.7 Å². The molecule has 0 radical (unpaired) electrons. The topological polar surface area (TPSA) is 146 Å². The van der Waals surface area contributed by atoms with Gasteiger partial charge in [0.25, 0.3) is 0 Å². The normalized spacial score (nSPS) is 0. The minimum Gasteiger partial charge on any atom is -0.369 e. The molecule has 32 valence electrons. The molecular formula is H16N4Na2+6. The molecule has 0 saturated heterocycles. The van der Waals surface area contributed by atoms with Gasteiger partial charge in [-0.15, -0.1) is 0 Å². The first-order valence-corrected chi connectivity index (χ1v) is 0. The third-order valence-electron chi connectivity index (χ3n) is 0.